The molecule has 3 rings (SSSR count). The summed E-state index contributed by atoms with van der Waals surface area (Å²) < 4.78 is 5.43. The van der Waals surface area contributed by atoms with Gasteiger partial charge in [0.05, 0.1) is 18.2 Å². The van der Waals surface area contributed by atoms with Gasteiger partial charge < -0.3 is 20.7 Å². The fraction of sp³-hybridized carbons (Fsp3) is 0.200. The van der Waals surface area contributed by atoms with Crippen LogP contribution in [0.25, 0.3) is 0 Å². The van der Waals surface area contributed by atoms with Crippen LogP contribution in [0.3, 0.4) is 0 Å². The number of rotatable bonds is 5. The van der Waals surface area contributed by atoms with Crippen molar-refractivity contribution in [2.45, 2.75) is 19.9 Å². The van der Waals surface area contributed by atoms with Crippen molar-refractivity contribution in [3.05, 3.63) is 69.3 Å². The Bertz CT molecular complexity index is 925. The van der Waals surface area contributed by atoms with Gasteiger partial charge in [-0.05, 0) is 62.5 Å². The number of thiocarbonyl (C=S) groups is 1. The molecule has 0 radical (unpaired) electrons. The molecule has 0 saturated carbocycles. The van der Waals surface area contributed by atoms with Crippen molar-refractivity contribution in [2.24, 2.45) is 0 Å². The van der Waals surface area contributed by atoms with Gasteiger partial charge in [-0.25, -0.2) is 0 Å². The van der Waals surface area contributed by atoms with Crippen LogP contribution in [0.2, 0.25) is 10.0 Å². The van der Waals surface area contributed by atoms with Crippen molar-refractivity contribution in [1.29, 1.82) is 0 Å². The van der Waals surface area contributed by atoms with Crippen LogP contribution >= 0.6 is 35.4 Å². The summed E-state index contributed by atoms with van der Waals surface area (Å²) in [6.07, 6.45) is 0. The molecule has 8 heteroatoms. The van der Waals surface area contributed by atoms with Crippen LogP contribution in [0.15, 0.2) is 53.7 Å². The molecule has 28 heavy (non-hydrogen) atoms. The summed E-state index contributed by atoms with van der Waals surface area (Å²) in [5, 5.41) is 10.3. The zero-order valence-electron chi connectivity index (χ0n) is 15.3. The maximum Gasteiger partial charge on any atom is 0.255 e. The van der Waals surface area contributed by atoms with Gasteiger partial charge >= 0.3 is 0 Å². The predicted octanol–water partition coefficient (Wildman–Crippen LogP) is 4.82. The average Bonchev–Trinajstić information content (AvgIpc) is 2.63. The molecular weight excluding hydrogens is 417 g/mol. The Labute approximate surface area is 179 Å². The molecule has 0 bridgehead atoms. The van der Waals surface area contributed by atoms with E-state index in [4.69, 9.17) is 40.2 Å². The highest BCUT2D eigenvalue weighted by atomic mass is 35.5. The number of hydrogen-bond acceptors (Lipinski definition) is 3. The standard InChI is InChI=1S/C20H19Cl2N3O2S/c1-3-27-13-9-7-12(8-10-13)24-19(26)16-11(2)23-20(28)25-18(16)17-14(21)5-4-6-15(17)22/h4-10,18H,3H2,1-2H3,(H,24,26)(H2,23,25,28)/t18-/m1/s1. The van der Waals surface area contributed by atoms with Gasteiger partial charge in [-0.3, -0.25) is 4.79 Å². The largest absolute Gasteiger partial charge is 0.494 e. The minimum Gasteiger partial charge on any atom is -0.494 e. The van der Waals surface area contributed by atoms with Gasteiger partial charge in [0.2, 0.25) is 0 Å². The summed E-state index contributed by atoms with van der Waals surface area (Å²) in [7, 11) is 0. The van der Waals surface area contributed by atoms with E-state index in [1.54, 1.807) is 49.4 Å². The molecule has 0 saturated heterocycles. The fourth-order valence-electron chi connectivity index (χ4n) is 3.00. The summed E-state index contributed by atoms with van der Waals surface area (Å²) in [6.45, 7) is 4.28. The van der Waals surface area contributed by atoms with Gasteiger partial charge in [0.1, 0.15) is 5.75 Å². The second-order valence-corrected chi connectivity index (χ2v) is 7.34. The smallest absolute Gasteiger partial charge is 0.255 e. The lowest BCUT2D eigenvalue weighted by atomic mass is 9.94. The Balaban J connectivity index is 1.93. The molecule has 1 amide bonds. The van der Waals surface area contributed by atoms with Gasteiger partial charge in [0, 0.05) is 27.0 Å². The van der Waals surface area contributed by atoms with Crippen molar-refractivity contribution in [2.75, 3.05) is 11.9 Å². The number of carbonyl (C=O) groups is 1. The van der Waals surface area contributed by atoms with Crippen LogP contribution in [0.4, 0.5) is 5.69 Å². The summed E-state index contributed by atoms with van der Waals surface area (Å²) in [4.78, 5) is 13.1. The van der Waals surface area contributed by atoms with Gasteiger partial charge in [0.15, 0.2) is 5.11 Å². The number of halogens is 2. The Hall–Kier alpha value is -2.28. The fourth-order valence-corrected chi connectivity index (χ4v) is 3.88. The van der Waals surface area contributed by atoms with E-state index in [9.17, 15) is 4.79 Å². The van der Waals surface area contributed by atoms with E-state index in [2.05, 4.69) is 16.0 Å². The molecule has 0 aliphatic carbocycles. The molecule has 2 aromatic rings. The molecule has 5 nitrogen and oxygen atoms in total. The van der Waals surface area contributed by atoms with Crippen LogP contribution in [0, 0.1) is 0 Å². The first-order valence-electron chi connectivity index (χ1n) is 8.67. The third-order valence-electron chi connectivity index (χ3n) is 4.23. The van der Waals surface area contributed by atoms with Crippen LogP contribution in [0.5, 0.6) is 5.75 Å². The van der Waals surface area contributed by atoms with Gasteiger partial charge in [0.25, 0.3) is 5.91 Å². The Morgan fingerprint density at radius 3 is 2.43 bits per heavy atom. The number of nitrogens with one attached hydrogen (secondary N) is 3. The monoisotopic (exact) mass is 435 g/mol. The van der Waals surface area contributed by atoms with E-state index in [1.165, 1.54) is 0 Å². The van der Waals surface area contributed by atoms with Crippen molar-refractivity contribution < 1.29 is 9.53 Å². The van der Waals surface area contributed by atoms with Gasteiger partial charge in [-0.1, -0.05) is 29.3 Å². The second-order valence-electron chi connectivity index (χ2n) is 6.12. The molecule has 146 valence electrons. The number of ether oxygens (including phenoxy) is 1. The molecule has 1 heterocycles. The maximum atomic E-state index is 13.1. The van der Waals surface area contributed by atoms with Crippen LogP contribution in [0.1, 0.15) is 25.5 Å². The van der Waals surface area contributed by atoms with E-state index in [1.807, 2.05) is 6.92 Å². The van der Waals surface area contributed by atoms with Crippen molar-refractivity contribution in [3.63, 3.8) is 0 Å². The Morgan fingerprint density at radius 2 is 1.82 bits per heavy atom. The lowest BCUT2D eigenvalue weighted by molar-refractivity contribution is -0.113. The first kappa shape index (κ1) is 20.5. The third-order valence-corrected chi connectivity index (χ3v) is 5.10. The van der Waals surface area contributed by atoms with Crippen molar-refractivity contribution in [1.82, 2.24) is 10.6 Å². The van der Waals surface area contributed by atoms with Crippen molar-refractivity contribution >= 4 is 52.1 Å². The van der Waals surface area contributed by atoms with E-state index in [-0.39, 0.29) is 5.91 Å². The highest BCUT2D eigenvalue weighted by Crippen LogP contribution is 2.36. The van der Waals surface area contributed by atoms with Crippen molar-refractivity contribution in [3.8, 4) is 5.75 Å². The molecule has 1 aliphatic heterocycles. The lowest BCUT2D eigenvalue weighted by Crippen LogP contribution is -2.46. The predicted molar refractivity (Wildman–Crippen MR) is 117 cm³/mol. The molecule has 3 N–H and O–H groups in total. The quantitative estimate of drug-likeness (QED) is 0.587. The molecule has 0 spiro atoms. The van der Waals surface area contributed by atoms with E-state index < -0.39 is 6.04 Å². The topological polar surface area (TPSA) is 62.4 Å². The highest BCUT2D eigenvalue weighted by molar-refractivity contribution is 7.80. The molecular formula is C20H19Cl2N3O2S. The van der Waals surface area contributed by atoms with E-state index in [0.29, 0.717) is 44.3 Å². The maximum absolute atomic E-state index is 13.1. The number of hydrogen-bond donors (Lipinski definition) is 3. The number of amides is 1. The molecule has 2 aromatic carbocycles. The SMILES string of the molecule is CCOc1ccc(NC(=O)C2=C(C)NC(=S)N[C@H]2c2c(Cl)cccc2Cl)cc1. The zero-order valence-corrected chi connectivity index (χ0v) is 17.6. The third kappa shape index (κ3) is 4.41. The van der Waals surface area contributed by atoms with Crippen LogP contribution in [-0.4, -0.2) is 17.6 Å². The Morgan fingerprint density at radius 1 is 1.18 bits per heavy atom. The molecule has 1 aliphatic rings. The minimum absolute atomic E-state index is 0.287. The van der Waals surface area contributed by atoms with Gasteiger partial charge in [-0.2, -0.15) is 0 Å². The normalized spacial score (nSPS) is 16.3. The van der Waals surface area contributed by atoms with Crippen LogP contribution in [-0.2, 0) is 4.79 Å². The number of allylic oxidation sites excluding steroid dienone is 1. The zero-order chi connectivity index (χ0) is 20.3. The molecule has 0 fully saturated rings. The molecule has 0 aromatic heterocycles. The van der Waals surface area contributed by atoms with Gasteiger partial charge in [-0.15, -0.1) is 0 Å². The molecule has 1 atom stereocenters. The summed E-state index contributed by atoms with van der Waals surface area (Å²) in [5.74, 6) is 0.452. The first-order chi connectivity index (χ1) is 13.4. The first-order valence-corrected chi connectivity index (χ1v) is 9.83. The molecule has 0 unspecified atom stereocenters. The summed E-state index contributed by atoms with van der Waals surface area (Å²) in [5.41, 5.74) is 2.34. The highest BCUT2D eigenvalue weighted by Gasteiger charge is 2.32. The lowest BCUT2D eigenvalue weighted by Gasteiger charge is -2.31. The average molecular weight is 436 g/mol. The number of anilines is 1. The number of carbonyl (C=O) groups excluding carboxylic acids is 1. The number of benzene rings is 2. The Kier molecular flexibility index (Phi) is 6.44. The van der Waals surface area contributed by atoms with Crippen LogP contribution < -0.4 is 20.7 Å². The summed E-state index contributed by atoms with van der Waals surface area (Å²) >= 11 is 18.0. The van der Waals surface area contributed by atoms with E-state index in [0.717, 1.165) is 5.75 Å². The minimum atomic E-state index is -0.572. The summed E-state index contributed by atoms with van der Waals surface area (Å²) in [6, 6.07) is 11.8. The second kappa shape index (κ2) is 8.82. The van der Waals surface area contributed by atoms with E-state index >= 15 is 0 Å².